The first-order valence-electron chi connectivity index (χ1n) is 6.65. The van der Waals surface area contributed by atoms with Crippen LogP contribution in [0.5, 0.6) is 0 Å². The predicted octanol–water partition coefficient (Wildman–Crippen LogP) is 2.50. The van der Waals surface area contributed by atoms with Crippen LogP contribution < -0.4 is 5.73 Å². The molecule has 0 saturated heterocycles. The molecule has 0 aliphatic rings. The summed E-state index contributed by atoms with van der Waals surface area (Å²) in [6, 6.07) is 9.81. The van der Waals surface area contributed by atoms with Gasteiger partial charge < -0.3 is 10.6 Å². The number of nitrogens with zero attached hydrogens (tertiary/aromatic N) is 1. The molecule has 0 fully saturated rings. The lowest BCUT2D eigenvalue weighted by Gasteiger charge is -2.29. The number of hydrogen-bond donors (Lipinski definition) is 1. The van der Waals surface area contributed by atoms with Crippen LogP contribution in [0.1, 0.15) is 25.8 Å². The number of nitrogens with two attached hydrogens (primary N) is 1. The molecule has 1 aromatic carbocycles. The maximum Gasteiger partial charge on any atom is 0.240 e. The molecular weight excluding hydrogens is 256 g/mol. The van der Waals surface area contributed by atoms with Gasteiger partial charge in [0.2, 0.25) is 5.91 Å². The van der Waals surface area contributed by atoms with Crippen LogP contribution in [0.15, 0.2) is 30.3 Å². The molecule has 0 aromatic heterocycles. The second kappa shape index (κ2) is 8.23. The molecule has 19 heavy (non-hydrogen) atoms. The Morgan fingerprint density at radius 3 is 2.47 bits per heavy atom. The van der Waals surface area contributed by atoms with Crippen molar-refractivity contribution >= 4 is 17.7 Å². The zero-order valence-electron chi connectivity index (χ0n) is 12.0. The fourth-order valence-corrected chi connectivity index (χ4v) is 2.37. The summed E-state index contributed by atoms with van der Waals surface area (Å²) in [5.41, 5.74) is 7.13. The van der Waals surface area contributed by atoms with Gasteiger partial charge in [0, 0.05) is 12.6 Å². The molecule has 0 bridgehead atoms. The van der Waals surface area contributed by atoms with Crippen molar-refractivity contribution < 1.29 is 4.79 Å². The third kappa shape index (κ3) is 5.25. The van der Waals surface area contributed by atoms with E-state index in [0.717, 1.165) is 17.7 Å². The molecular formula is C15H24N2OS. The molecule has 3 nitrogen and oxygen atoms in total. The van der Waals surface area contributed by atoms with Gasteiger partial charge in [-0.1, -0.05) is 30.3 Å². The highest BCUT2D eigenvalue weighted by atomic mass is 32.2. The van der Waals surface area contributed by atoms with Gasteiger partial charge >= 0.3 is 0 Å². The van der Waals surface area contributed by atoms with Crippen molar-refractivity contribution in [2.45, 2.75) is 38.9 Å². The van der Waals surface area contributed by atoms with Crippen LogP contribution in [0, 0.1) is 0 Å². The van der Waals surface area contributed by atoms with Crippen LogP contribution in [0.2, 0.25) is 0 Å². The molecule has 0 spiro atoms. The minimum Gasteiger partial charge on any atom is -0.335 e. The standard InChI is InChI=1S/C15H24N2OS/c1-12(2)17(11-13-7-5-4-6-8-13)15(18)14(16)9-10-19-3/h4-8,12,14H,9-11,16H2,1-3H3/t14-/m1/s1. The van der Waals surface area contributed by atoms with Crippen molar-refractivity contribution in [3.05, 3.63) is 35.9 Å². The lowest BCUT2D eigenvalue weighted by molar-refractivity contribution is -0.135. The fourth-order valence-electron chi connectivity index (χ4n) is 1.88. The van der Waals surface area contributed by atoms with Crippen LogP contribution in [-0.4, -0.2) is 34.9 Å². The Balaban J connectivity index is 2.69. The summed E-state index contributed by atoms with van der Waals surface area (Å²) in [4.78, 5) is 14.2. The van der Waals surface area contributed by atoms with E-state index in [1.165, 1.54) is 0 Å². The monoisotopic (exact) mass is 280 g/mol. The van der Waals surface area contributed by atoms with Crippen LogP contribution in [0.4, 0.5) is 0 Å². The number of benzene rings is 1. The van der Waals surface area contributed by atoms with Crippen molar-refractivity contribution in [1.29, 1.82) is 0 Å². The van der Waals surface area contributed by atoms with Gasteiger partial charge in [-0.05, 0) is 37.8 Å². The molecule has 106 valence electrons. The normalized spacial score (nSPS) is 12.5. The van der Waals surface area contributed by atoms with Crippen molar-refractivity contribution in [3.8, 4) is 0 Å². The van der Waals surface area contributed by atoms with Crippen molar-refractivity contribution in [2.24, 2.45) is 5.73 Å². The van der Waals surface area contributed by atoms with E-state index in [2.05, 4.69) is 0 Å². The minimum absolute atomic E-state index is 0.0490. The molecule has 0 aliphatic carbocycles. The van der Waals surface area contributed by atoms with Gasteiger partial charge in [-0.15, -0.1) is 0 Å². The average molecular weight is 280 g/mol. The summed E-state index contributed by atoms with van der Waals surface area (Å²) in [5, 5.41) is 0. The van der Waals surface area contributed by atoms with E-state index in [0.29, 0.717) is 6.54 Å². The molecule has 1 aromatic rings. The summed E-state index contributed by atoms with van der Waals surface area (Å²) in [5.74, 6) is 0.970. The lowest BCUT2D eigenvalue weighted by atomic mass is 10.1. The highest BCUT2D eigenvalue weighted by Gasteiger charge is 2.22. The second-order valence-corrected chi connectivity index (χ2v) is 5.92. The molecule has 1 rings (SSSR count). The van der Waals surface area contributed by atoms with Gasteiger partial charge in [0.15, 0.2) is 0 Å². The zero-order chi connectivity index (χ0) is 14.3. The maximum atomic E-state index is 12.4. The number of hydrogen-bond acceptors (Lipinski definition) is 3. The van der Waals surface area contributed by atoms with Gasteiger partial charge in [0.05, 0.1) is 6.04 Å². The van der Waals surface area contributed by atoms with Crippen LogP contribution in [0.3, 0.4) is 0 Å². The summed E-state index contributed by atoms with van der Waals surface area (Å²) < 4.78 is 0. The number of carbonyl (C=O) groups is 1. The summed E-state index contributed by atoms with van der Waals surface area (Å²) in [6.45, 7) is 4.69. The molecule has 4 heteroatoms. The highest BCUT2D eigenvalue weighted by molar-refractivity contribution is 7.98. The Bertz CT molecular complexity index is 381. The summed E-state index contributed by atoms with van der Waals surface area (Å²) in [7, 11) is 0. The van der Waals surface area contributed by atoms with Crippen LogP contribution >= 0.6 is 11.8 Å². The van der Waals surface area contributed by atoms with Gasteiger partial charge in [-0.3, -0.25) is 4.79 Å². The average Bonchev–Trinajstić information content (AvgIpc) is 2.42. The predicted molar refractivity (Wildman–Crippen MR) is 83.1 cm³/mol. The third-order valence-corrected chi connectivity index (χ3v) is 3.70. The Labute approximate surface area is 120 Å². The van der Waals surface area contributed by atoms with Crippen molar-refractivity contribution in [2.75, 3.05) is 12.0 Å². The van der Waals surface area contributed by atoms with E-state index in [9.17, 15) is 4.79 Å². The highest BCUT2D eigenvalue weighted by Crippen LogP contribution is 2.11. The topological polar surface area (TPSA) is 46.3 Å². The Hall–Kier alpha value is -1.00. The minimum atomic E-state index is -0.390. The summed E-state index contributed by atoms with van der Waals surface area (Å²) in [6.07, 6.45) is 2.76. The quantitative estimate of drug-likeness (QED) is 0.835. The van der Waals surface area contributed by atoms with E-state index >= 15 is 0 Å². The van der Waals surface area contributed by atoms with E-state index in [4.69, 9.17) is 5.73 Å². The van der Waals surface area contributed by atoms with Crippen LogP contribution in [0.25, 0.3) is 0 Å². The Morgan fingerprint density at radius 2 is 1.95 bits per heavy atom. The fraction of sp³-hybridized carbons (Fsp3) is 0.533. The third-order valence-electron chi connectivity index (χ3n) is 3.05. The SMILES string of the molecule is CSCC[C@@H](N)C(=O)N(Cc1ccccc1)C(C)C. The van der Waals surface area contributed by atoms with Gasteiger partial charge in [0.25, 0.3) is 0 Å². The second-order valence-electron chi connectivity index (χ2n) is 4.93. The van der Waals surface area contributed by atoms with Gasteiger partial charge in [-0.25, -0.2) is 0 Å². The van der Waals surface area contributed by atoms with E-state index in [-0.39, 0.29) is 11.9 Å². The van der Waals surface area contributed by atoms with Gasteiger partial charge in [-0.2, -0.15) is 11.8 Å². The first kappa shape index (κ1) is 16.1. The van der Waals surface area contributed by atoms with Crippen molar-refractivity contribution in [1.82, 2.24) is 4.90 Å². The van der Waals surface area contributed by atoms with E-state index in [1.54, 1.807) is 11.8 Å². The molecule has 0 heterocycles. The molecule has 0 unspecified atom stereocenters. The lowest BCUT2D eigenvalue weighted by Crippen LogP contribution is -2.46. The molecule has 2 N–H and O–H groups in total. The molecule has 0 aliphatic heterocycles. The molecule has 1 amide bonds. The Morgan fingerprint density at radius 1 is 1.32 bits per heavy atom. The molecule has 1 atom stereocenters. The smallest absolute Gasteiger partial charge is 0.240 e. The number of rotatable bonds is 7. The number of amides is 1. The first-order valence-corrected chi connectivity index (χ1v) is 8.04. The van der Waals surface area contributed by atoms with E-state index < -0.39 is 6.04 Å². The zero-order valence-corrected chi connectivity index (χ0v) is 12.8. The van der Waals surface area contributed by atoms with Crippen molar-refractivity contribution in [3.63, 3.8) is 0 Å². The van der Waals surface area contributed by atoms with E-state index in [1.807, 2.05) is 55.3 Å². The van der Waals surface area contributed by atoms with Gasteiger partial charge in [0.1, 0.15) is 0 Å². The molecule has 0 saturated carbocycles. The largest absolute Gasteiger partial charge is 0.335 e. The number of carbonyl (C=O) groups excluding carboxylic acids is 1. The number of thioether (sulfide) groups is 1. The maximum absolute atomic E-state index is 12.4. The summed E-state index contributed by atoms with van der Waals surface area (Å²) >= 11 is 1.72. The Kier molecular flexibility index (Phi) is 6.95. The van der Waals surface area contributed by atoms with Crippen LogP contribution in [-0.2, 0) is 11.3 Å². The first-order chi connectivity index (χ1) is 9.06. The molecule has 0 radical (unpaired) electrons.